The number of aromatic nitrogens is 3. The molecule has 4 N–H and O–H groups in total. The Morgan fingerprint density at radius 2 is 1.66 bits per heavy atom. The number of nitrogens with one attached hydrogen (secondary N) is 2. The van der Waals surface area contributed by atoms with Crippen molar-refractivity contribution in [1.82, 2.24) is 15.0 Å². The van der Waals surface area contributed by atoms with Gasteiger partial charge in [0.1, 0.15) is 11.6 Å². The summed E-state index contributed by atoms with van der Waals surface area (Å²) >= 11 is 1.59. The van der Waals surface area contributed by atoms with Gasteiger partial charge in [-0.05, 0) is 70.4 Å². The van der Waals surface area contributed by atoms with Gasteiger partial charge in [0.25, 0.3) is 0 Å². The van der Waals surface area contributed by atoms with Gasteiger partial charge in [-0.3, -0.25) is 4.79 Å². The number of pyridine rings is 1. The van der Waals surface area contributed by atoms with Crippen LogP contribution in [0, 0.1) is 0 Å². The van der Waals surface area contributed by atoms with Crippen molar-refractivity contribution >= 4 is 40.5 Å². The third-order valence-corrected chi connectivity index (χ3v) is 6.26. The van der Waals surface area contributed by atoms with Crippen LogP contribution in [0.2, 0.25) is 0 Å². The van der Waals surface area contributed by atoms with Gasteiger partial charge in [-0.1, -0.05) is 18.2 Å². The van der Waals surface area contributed by atoms with E-state index < -0.39 is 17.6 Å². The first-order valence-corrected chi connectivity index (χ1v) is 12.2. The van der Waals surface area contributed by atoms with Gasteiger partial charge >= 0.3 is 6.18 Å². The van der Waals surface area contributed by atoms with Crippen molar-refractivity contribution in [2.24, 2.45) is 5.73 Å². The monoisotopic (exact) mass is 532 g/mol. The molecule has 0 saturated carbocycles. The lowest BCUT2D eigenvalue weighted by molar-refractivity contribution is -0.137. The summed E-state index contributed by atoms with van der Waals surface area (Å²) in [5.41, 5.74) is 8.20. The summed E-state index contributed by atoms with van der Waals surface area (Å²) in [6, 6.07) is 16.9. The quantitative estimate of drug-likeness (QED) is 0.211. The van der Waals surface area contributed by atoms with Crippen LogP contribution in [-0.4, -0.2) is 20.9 Å². The predicted octanol–water partition coefficient (Wildman–Crippen LogP) is 6.87. The first-order valence-electron chi connectivity index (χ1n) is 11.2. The molecule has 11 heteroatoms. The van der Waals surface area contributed by atoms with Crippen LogP contribution in [0.1, 0.15) is 15.9 Å². The summed E-state index contributed by atoms with van der Waals surface area (Å²) in [5, 5.41) is 10.0. The third-order valence-electron chi connectivity index (χ3n) is 5.58. The molecule has 0 atom stereocenters. The number of hydrogen-bond donors (Lipinski definition) is 3. The Morgan fingerprint density at radius 3 is 2.32 bits per heavy atom. The number of carbonyl (C=O) groups excluding carboxylic acids is 1. The topological polar surface area (TPSA) is 106 Å². The summed E-state index contributed by atoms with van der Waals surface area (Å²) in [4.78, 5) is 24.8. The zero-order valence-corrected chi connectivity index (χ0v) is 20.3. The van der Waals surface area contributed by atoms with Gasteiger partial charge in [0.05, 0.1) is 5.56 Å². The number of nitrogens with zero attached hydrogens (tertiary/aromatic N) is 3. The van der Waals surface area contributed by atoms with Crippen LogP contribution < -0.4 is 16.4 Å². The summed E-state index contributed by atoms with van der Waals surface area (Å²) in [6.45, 7) is 0. The number of amides is 1. The maximum absolute atomic E-state index is 13.3. The highest BCUT2D eigenvalue weighted by molar-refractivity contribution is 7.08. The molecule has 7 nitrogen and oxygen atoms in total. The molecule has 0 saturated heterocycles. The number of benzene rings is 2. The molecule has 0 fully saturated rings. The molecular weight excluding hydrogens is 513 g/mol. The van der Waals surface area contributed by atoms with Crippen LogP contribution in [0.15, 0.2) is 89.9 Å². The van der Waals surface area contributed by atoms with Crippen molar-refractivity contribution in [3.05, 3.63) is 101 Å². The summed E-state index contributed by atoms with van der Waals surface area (Å²) in [7, 11) is 0. The van der Waals surface area contributed by atoms with Crippen LogP contribution in [-0.2, 0) is 6.18 Å². The third kappa shape index (κ3) is 5.62. The smallest absolute Gasteiger partial charge is 0.366 e. The Balaban J connectivity index is 1.48. The van der Waals surface area contributed by atoms with E-state index in [9.17, 15) is 18.0 Å². The average molecular weight is 533 g/mol. The van der Waals surface area contributed by atoms with Crippen LogP contribution in [0.5, 0.6) is 0 Å². The molecule has 0 bridgehead atoms. The van der Waals surface area contributed by atoms with Crippen LogP contribution >= 0.6 is 11.3 Å². The van der Waals surface area contributed by atoms with Crippen LogP contribution in [0.4, 0.5) is 36.4 Å². The van der Waals surface area contributed by atoms with Gasteiger partial charge < -0.3 is 16.4 Å². The zero-order chi connectivity index (χ0) is 26.7. The lowest BCUT2D eigenvalue weighted by Crippen LogP contribution is -2.10. The fraction of sp³-hybridized carbons (Fsp3) is 0.0370. The molecule has 0 aliphatic carbocycles. The lowest BCUT2D eigenvalue weighted by Gasteiger charge is -2.15. The second-order valence-electron chi connectivity index (χ2n) is 8.17. The average Bonchev–Trinajstić information content (AvgIpc) is 3.44. The van der Waals surface area contributed by atoms with Crippen molar-refractivity contribution in [2.45, 2.75) is 6.18 Å². The Morgan fingerprint density at radius 1 is 0.868 bits per heavy atom. The fourth-order valence-corrected chi connectivity index (χ4v) is 4.32. The molecule has 2 aromatic carbocycles. The van der Waals surface area contributed by atoms with E-state index in [2.05, 4.69) is 25.6 Å². The van der Waals surface area contributed by atoms with Crippen LogP contribution in [0.25, 0.3) is 22.3 Å². The molecule has 1 amide bonds. The molecule has 0 radical (unpaired) electrons. The van der Waals surface area contributed by atoms with E-state index in [0.717, 1.165) is 23.3 Å². The number of primary amides is 1. The van der Waals surface area contributed by atoms with Gasteiger partial charge in [0.2, 0.25) is 11.9 Å². The molecular formula is C27H19F3N6OS. The molecule has 0 unspecified atom stereocenters. The lowest BCUT2D eigenvalue weighted by atomic mass is 10.1. The van der Waals surface area contributed by atoms with E-state index in [-0.39, 0.29) is 17.5 Å². The number of hydrogen-bond acceptors (Lipinski definition) is 7. The standard InChI is InChI=1S/C27H19F3N6OS/c28-27(29,30)20-2-1-3-21(12-20)34-25-22(16-4-6-17(7-5-16)24(31)37)14-33-26(36-25)35-23-9-8-18(13-32-23)19-10-11-38-15-19/h1-15H,(H2,31,37)(H2,32,33,34,35,36). The normalized spacial score (nSPS) is 11.2. The largest absolute Gasteiger partial charge is 0.416 e. The molecule has 5 rings (SSSR count). The summed E-state index contributed by atoms with van der Waals surface area (Å²) in [5.74, 6) is 0.357. The van der Waals surface area contributed by atoms with E-state index in [1.54, 1.807) is 47.9 Å². The Hall–Kier alpha value is -4.77. The van der Waals surface area contributed by atoms with E-state index in [4.69, 9.17) is 5.73 Å². The first kappa shape index (κ1) is 24.9. The van der Waals surface area contributed by atoms with E-state index in [1.165, 1.54) is 18.3 Å². The molecule has 0 aliphatic rings. The molecule has 0 aliphatic heterocycles. The SMILES string of the molecule is NC(=O)c1ccc(-c2cnc(Nc3ccc(-c4ccsc4)cn3)nc2Nc2cccc(C(F)(F)F)c2)cc1. The van der Waals surface area contributed by atoms with E-state index in [1.807, 2.05) is 22.9 Å². The highest BCUT2D eigenvalue weighted by atomic mass is 32.1. The Bertz CT molecular complexity index is 1570. The molecule has 190 valence electrons. The van der Waals surface area contributed by atoms with Gasteiger partial charge in [-0.25, -0.2) is 9.97 Å². The molecule has 3 aromatic heterocycles. The summed E-state index contributed by atoms with van der Waals surface area (Å²) in [6.07, 6.45) is -1.24. The zero-order valence-electron chi connectivity index (χ0n) is 19.5. The van der Waals surface area contributed by atoms with Gasteiger partial charge in [-0.2, -0.15) is 29.5 Å². The van der Waals surface area contributed by atoms with Crippen molar-refractivity contribution in [3.63, 3.8) is 0 Å². The van der Waals surface area contributed by atoms with Crippen LogP contribution in [0.3, 0.4) is 0 Å². The Labute approximate surface area is 219 Å². The number of halogens is 3. The Kier molecular flexibility index (Phi) is 6.75. The van der Waals surface area contributed by atoms with Crippen molar-refractivity contribution in [2.75, 3.05) is 10.6 Å². The van der Waals surface area contributed by atoms with Gasteiger partial charge in [-0.15, -0.1) is 0 Å². The minimum Gasteiger partial charge on any atom is -0.366 e. The van der Waals surface area contributed by atoms with Crippen molar-refractivity contribution in [1.29, 1.82) is 0 Å². The summed E-state index contributed by atoms with van der Waals surface area (Å²) < 4.78 is 39.8. The van der Waals surface area contributed by atoms with Crippen molar-refractivity contribution < 1.29 is 18.0 Å². The number of carbonyl (C=O) groups is 1. The van der Waals surface area contributed by atoms with Gasteiger partial charge in [0.15, 0.2) is 0 Å². The molecule has 0 spiro atoms. The maximum atomic E-state index is 13.3. The minimum atomic E-state index is -4.50. The minimum absolute atomic E-state index is 0.188. The highest BCUT2D eigenvalue weighted by Crippen LogP contribution is 2.34. The van der Waals surface area contributed by atoms with E-state index in [0.29, 0.717) is 22.5 Å². The highest BCUT2D eigenvalue weighted by Gasteiger charge is 2.30. The second-order valence-corrected chi connectivity index (χ2v) is 8.95. The number of alkyl halides is 3. The second kappa shape index (κ2) is 10.3. The molecule has 38 heavy (non-hydrogen) atoms. The number of thiophene rings is 1. The van der Waals surface area contributed by atoms with Crippen molar-refractivity contribution in [3.8, 4) is 22.3 Å². The number of rotatable bonds is 7. The number of anilines is 4. The molecule has 3 heterocycles. The maximum Gasteiger partial charge on any atom is 0.416 e. The molecule has 5 aromatic rings. The van der Waals surface area contributed by atoms with Gasteiger partial charge in [0, 0.05) is 34.8 Å². The predicted molar refractivity (Wildman–Crippen MR) is 142 cm³/mol. The number of nitrogens with two attached hydrogens (primary N) is 1. The van der Waals surface area contributed by atoms with E-state index >= 15 is 0 Å². The first-order chi connectivity index (χ1) is 18.3. The fourth-order valence-electron chi connectivity index (χ4n) is 3.65.